The topological polar surface area (TPSA) is 83.4 Å². The molecule has 3 heterocycles. The predicted octanol–water partition coefficient (Wildman–Crippen LogP) is 5.24. The average molecular weight is 456 g/mol. The molecule has 0 spiro atoms. The number of aliphatic hydroxyl groups is 1. The van der Waals surface area contributed by atoms with Gasteiger partial charge in [-0.2, -0.15) is 0 Å². The number of aliphatic hydroxyl groups excluding tert-OH is 1. The van der Waals surface area contributed by atoms with E-state index in [1.807, 2.05) is 57.2 Å². The van der Waals surface area contributed by atoms with E-state index in [2.05, 4.69) is 4.98 Å². The van der Waals surface area contributed by atoms with Crippen molar-refractivity contribution in [3.8, 4) is 0 Å². The minimum absolute atomic E-state index is 0.0437. The zero-order valence-corrected chi connectivity index (χ0v) is 19.2. The highest BCUT2D eigenvalue weighted by atomic mass is 32.1. The summed E-state index contributed by atoms with van der Waals surface area (Å²) in [6, 6.07) is 14.1. The van der Waals surface area contributed by atoms with Crippen molar-refractivity contribution in [1.29, 1.82) is 0 Å². The number of carbonyl (C=O) groups excluding carboxylic acids is 2. The first-order chi connectivity index (χ1) is 15.8. The number of Topliss-reactive ketones (excluding diaryl/α,β-unsaturated/α-hetero) is 1. The van der Waals surface area contributed by atoms with E-state index in [0.29, 0.717) is 10.7 Å². The van der Waals surface area contributed by atoms with E-state index in [1.165, 1.54) is 28.6 Å². The van der Waals surface area contributed by atoms with Crippen LogP contribution in [0.3, 0.4) is 0 Å². The highest BCUT2D eigenvalue weighted by Gasteiger charge is 2.48. The van der Waals surface area contributed by atoms with Crippen LogP contribution in [-0.2, 0) is 9.59 Å². The number of aromatic nitrogens is 2. The smallest absolute Gasteiger partial charge is 0.301 e. The molecule has 0 aliphatic carbocycles. The Kier molecular flexibility index (Phi) is 5.06. The van der Waals surface area contributed by atoms with Crippen LogP contribution in [-0.4, -0.2) is 26.8 Å². The molecular formula is C26H21N3O3S. The quantitative estimate of drug-likeness (QED) is 0.259. The molecule has 1 atom stereocenters. The minimum Gasteiger partial charge on any atom is -0.507 e. The van der Waals surface area contributed by atoms with E-state index in [4.69, 9.17) is 4.98 Å². The van der Waals surface area contributed by atoms with Crippen molar-refractivity contribution in [1.82, 2.24) is 9.97 Å². The Morgan fingerprint density at radius 3 is 2.36 bits per heavy atom. The fourth-order valence-electron chi connectivity index (χ4n) is 4.22. The third-order valence-corrected chi connectivity index (χ3v) is 6.82. The average Bonchev–Trinajstić information content (AvgIpc) is 3.33. The molecule has 1 amide bonds. The molecule has 164 valence electrons. The lowest BCUT2D eigenvalue weighted by Gasteiger charge is -2.23. The number of hydrogen-bond donors (Lipinski definition) is 1. The number of benzene rings is 2. The summed E-state index contributed by atoms with van der Waals surface area (Å²) >= 11 is 1.37. The summed E-state index contributed by atoms with van der Waals surface area (Å²) in [5.41, 5.74) is 5.16. The number of aryl methyl sites for hydroxylation is 3. The van der Waals surface area contributed by atoms with Gasteiger partial charge in [-0.1, -0.05) is 47.2 Å². The maximum absolute atomic E-state index is 13.3. The number of pyridine rings is 1. The highest BCUT2D eigenvalue weighted by Crippen LogP contribution is 2.44. The van der Waals surface area contributed by atoms with Crippen molar-refractivity contribution in [3.05, 3.63) is 94.3 Å². The zero-order chi connectivity index (χ0) is 23.3. The Morgan fingerprint density at radius 1 is 0.970 bits per heavy atom. The lowest BCUT2D eigenvalue weighted by atomic mass is 9.95. The van der Waals surface area contributed by atoms with Gasteiger partial charge in [-0.15, -0.1) is 0 Å². The molecule has 1 aliphatic rings. The van der Waals surface area contributed by atoms with Gasteiger partial charge >= 0.3 is 5.91 Å². The number of ketones is 1. The summed E-state index contributed by atoms with van der Waals surface area (Å²) in [4.78, 5) is 36.7. The molecule has 1 N–H and O–H groups in total. The van der Waals surface area contributed by atoms with Gasteiger partial charge in [0.25, 0.3) is 5.78 Å². The van der Waals surface area contributed by atoms with Crippen molar-refractivity contribution < 1.29 is 14.7 Å². The summed E-state index contributed by atoms with van der Waals surface area (Å²) in [5.74, 6) is -1.66. The monoisotopic (exact) mass is 455 g/mol. The predicted molar refractivity (Wildman–Crippen MR) is 129 cm³/mol. The normalized spacial score (nSPS) is 17.8. The number of thiazole rings is 1. The Balaban J connectivity index is 1.75. The molecule has 2 aromatic carbocycles. The number of fused-ring (bicyclic) bond motifs is 1. The Morgan fingerprint density at radius 2 is 1.67 bits per heavy atom. The Bertz CT molecular complexity index is 1440. The maximum atomic E-state index is 13.3. The molecule has 2 aromatic heterocycles. The van der Waals surface area contributed by atoms with Crippen LogP contribution in [0.4, 0.5) is 5.13 Å². The summed E-state index contributed by atoms with van der Waals surface area (Å²) in [5, 5.41) is 11.5. The summed E-state index contributed by atoms with van der Waals surface area (Å²) in [6.07, 6.45) is 3.06. The van der Waals surface area contributed by atoms with Crippen molar-refractivity contribution >= 4 is 44.1 Å². The fourth-order valence-corrected chi connectivity index (χ4v) is 5.39. The molecule has 1 aliphatic heterocycles. The van der Waals surface area contributed by atoms with E-state index in [9.17, 15) is 14.7 Å². The van der Waals surface area contributed by atoms with E-state index < -0.39 is 17.7 Å². The first kappa shape index (κ1) is 21.0. The van der Waals surface area contributed by atoms with Crippen LogP contribution >= 0.6 is 11.3 Å². The second kappa shape index (κ2) is 7.94. The first-order valence-electron chi connectivity index (χ1n) is 10.5. The van der Waals surface area contributed by atoms with Crippen LogP contribution < -0.4 is 4.90 Å². The molecule has 1 saturated heterocycles. The van der Waals surface area contributed by atoms with Gasteiger partial charge in [0.05, 0.1) is 21.8 Å². The van der Waals surface area contributed by atoms with Gasteiger partial charge in [0, 0.05) is 18.0 Å². The van der Waals surface area contributed by atoms with E-state index in [1.54, 1.807) is 12.1 Å². The third kappa shape index (κ3) is 3.50. The lowest BCUT2D eigenvalue weighted by molar-refractivity contribution is -0.132. The van der Waals surface area contributed by atoms with E-state index in [-0.39, 0.29) is 11.3 Å². The molecule has 1 fully saturated rings. The number of nitrogens with zero attached hydrogens (tertiary/aromatic N) is 3. The van der Waals surface area contributed by atoms with Crippen LogP contribution in [0.25, 0.3) is 16.0 Å². The summed E-state index contributed by atoms with van der Waals surface area (Å²) < 4.78 is 0.946. The largest absolute Gasteiger partial charge is 0.507 e. The van der Waals surface area contributed by atoms with Gasteiger partial charge < -0.3 is 5.11 Å². The Hall–Kier alpha value is -3.84. The molecule has 4 aromatic rings. The first-order valence-corrected chi connectivity index (χ1v) is 11.3. The van der Waals surface area contributed by atoms with Gasteiger partial charge in [0.1, 0.15) is 5.76 Å². The number of carbonyl (C=O) groups is 2. The highest BCUT2D eigenvalue weighted by molar-refractivity contribution is 7.22. The van der Waals surface area contributed by atoms with Crippen molar-refractivity contribution in [2.45, 2.75) is 26.8 Å². The van der Waals surface area contributed by atoms with Crippen LogP contribution in [0.5, 0.6) is 0 Å². The standard InChI is InChI=1S/C26H21N3O3S/c1-14-4-6-17(7-5-14)22-20(23(30)18-8-10-27-11-9-18)24(31)25(32)29(22)26-28-21-16(3)12-15(2)13-19(21)33-26/h4-13,22,30H,1-3H3/b23-20+. The van der Waals surface area contributed by atoms with Gasteiger partial charge in [-0.05, 0) is 55.7 Å². The van der Waals surface area contributed by atoms with Gasteiger partial charge in [0.2, 0.25) is 0 Å². The molecular weight excluding hydrogens is 434 g/mol. The molecule has 1 unspecified atom stereocenters. The van der Waals surface area contributed by atoms with Crippen molar-refractivity contribution in [2.24, 2.45) is 0 Å². The second-order valence-corrected chi connectivity index (χ2v) is 9.25. The Labute approximate surface area is 194 Å². The van der Waals surface area contributed by atoms with Crippen LogP contribution in [0.1, 0.15) is 33.9 Å². The van der Waals surface area contributed by atoms with Gasteiger partial charge in [-0.25, -0.2) is 4.98 Å². The summed E-state index contributed by atoms with van der Waals surface area (Å²) in [7, 11) is 0. The zero-order valence-electron chi connectivity index (χ0n) is 18.4. The van der Waals surface area contributed by atoms with Gasteiger partial charge in [0.15, 0.2) is 5.13 Å². The third-order valence-electron chi connectivity index (χ3n) is 5.82. The second-order valence-electron chi connectivity index (χ2n) is 8.24. The fraction of sp³-hybridized carbons (Fsp3) is 0.154. The number of hydrogen-bond acceptors (Lipinski definition) is 6. The molecule has 0 bridgehead atoms. The molecule has 6 nitrogen and oxygen atoms in total. The SMILES string of the molecule is Cc1ccc(C2/C(=C(\O)c3ccncc3)C(=O)C(=O)N2c2nc3c(C)cc(C)cc3s2)cc1. The molecule has 0 radical (unpaired) electrons. The molecule has 0 saturated carbocycles. The number of rotatable bonds is 3. The molecule has 5 rings (SSSR count). The number of amides is 1. The maximum Gasteiger partial charge on any atom is 0.301 e. The molecule has 33 heavy (non-hydrogen) atoms. The van der Waals surface area contributed by atoms with Crippen molar-refractivity contribution in [3.63, 3.8) is 0 Å². The number of anilines is 1. The lowest BCUT2D eigenvalue weighted by Crippen LogP contribution is -2.29. The minimum atomic E-state index is -0.791. The van der Waals surface area contributed by atoms with Crippen LogP contribution in [0.15, 0.2) is 66.5 Å². The summed E-state index contributed by atoms with van der Waals surface area (Å²) in [6.45, 7) is 5.96. The van der Waals surface area contributed by atoms with Gasteiger partial charge in [-0.3, -0.25) is 19.5 Å². The van der Waals surface area contributed by atoms with E-state index in [0.717, 1.165) is 32.5 Å². The van der Waals surface area contributed by atoms with Crippen LogP contribution in [0, 0.1) is 20.8 Å². The van der Waals surface area contributed by atoms with Crippen LogP contribution in [0.2, 0.25) is 0 Å². The van der Waals surface area contributed by atoms with E-state index >= 15 is 0 Å². The molecule has 7 heteroatoms. The van der Waals surface area contributed by atoms with Crippen molar-refractivity contribution in [2.75, 3.05) is 4.90 Å².